The first-order valence-electron chi connectivity index (χ1n) is 9.82. The molecule has 1 aliphatic carbocycles. The molecule has 1 aromatic rings. The molecule has 2 amide bonds. The summed E-state index contributed by atoms with van der Waals surface area (Å²) in [6, 6.07) is 0.214. The summed E-state index contributed by atoms with van der Waals surface area (Å²) in [7, 11) is 0. The molecule has 1 saturated carbocycles. The second-order valence-electron chi connectivity index (χ2n) is 7.49. The predicted molar refractivity (Wildman–Crippen MR) is 104 cm³/mol. The highest BCUT2D eigenvalue weighted by Gasteiger charge is 2.29. The number of amides is 2. The fourth-order valence-electron chi connectivity index (χ4n) is 3.78. The van der Waals surface area contributed by atoms with Crippen LogP contribution in [-0.2, 0) is 4.79 Å². The maximum absolute atomic E-state index is 13.0. The summed E-state index contributed by atoms with van der Waals surface area (Å²) in [5.74, 6) is 0.661. The zero-order valence-electron chi connectivity index (χ0n) is 15.9. The zero-order chi connectivity index (χ0) is 18.5. The van der Waals surface area contributed by atoms with Gasteiger partial charge in [0.1, 0.15) is 4.88 Å². The van der Waals surface area contributed by atoms with Crippen molar-refractivity contribution in [2.75, 3.05) is 32.7 Å². The van der Waals surface area contributed by atoms with Crippen molar-refractivity contribution in [3.8, 4) is 0 Å². The number of rotatable bonds is 6. The summed E-state index contributed by atoms with van der Waals surface area (Å²) >= 11 is 1.48. The average molecular weight is 379 g/mol. The van der Waals surface area contributed by atoms with Gasteiger partial charge in [0.25, 0.3) is 5.91 Å². The lowest BCUT2D eigenvalue weighted by Crippen LogP contribution is -2.51. The molecule has 144 valence electrons. The second-order valence-corrected chi connectivity index (χ2v) is 8.35. The number of nitrogens with zero attached hydrogens (tertiary/aromatic N) is 3. The highest BCUT2D eigenvalue weighted by atomic mass is 32.1. The molecule has 1 N–H and O–H groups in total. The van der Waals surface area contributed by atoms with Crippen LogP contribution in [0.4, 0.5) is 0 Å². The topological polar surface area (TPSA) is 65.5 Å². The van der Waals surface area contributed by atoms with E-state index >= 15 is 0 Å². The maximum Gasteiger partial charge on any atom is 0.265 e. The van der Waals surface area contributed by atoms with Gasteiger partial charge in [0.15, 0.2) is 0 Å². The Morgan fingerprint density at radius 1 is 1.27 bits per heavy atom. The Labute approximate surface area is 160 Å². The van der Waals surface area contributed by atoms with Crippen LogP contribution in [-0.4, -0.2) is 65.4 Å². The van der Waals surface area contributed by atoms with E-state index < -0.39 is 0 Å². The van der Waals surface area contributed by atoms with E-state index in [0.29, 0.717) is 25.6 Å². The van der Waals surface area contributed by atoms with Crippen molar-refractivity contribution in [3.63, 3.8) is 0 Å². The van der Waals surface area contributed by atoms with Gasteiger partial charge in [-0.2, -0.15) is 0 Å². The Morgan fingerprint density at radius 3 is 2.62 bits per heavy atom. The van der Waals surface area contributed by atoms with Crippen LogP contribution in [0, 0.1) is 0 Å². The molecule has 3 rings (SSSR count). The molecule has 7 heteroatoms. The Hall–Kier alpha value is -1.47. The van der Waals surface area contributed by atoms with Crippen molar-refractivity contribution in [2.45, 2.75) is 57.9 Å². The van der Waals surface area contributed by atoms with Crippen LogP contribution in [0.25, 0.3) is 0 Å². The fourth-order valence-corrected chi connectivity index (χ4v) is 4.62. The van der Waals surface area contributed by atoms with E-state index in [9.17, 15) is 9.59 Å². The smallest absolute Gasteiger partial charge is 0.265 e. The van der Waals surface area contributed by atoms with Gasteiger partial charge in [-0.1, -0.05) is 19.8 Å². The lowest BCUT2D eigenvalue weighted by molar-refractivity contribution is -0.123. The maximum atomic E-state index is 13.0. The molecule has 1 saturated heterocycles. The lowest BCUT2D eigenvalue weighted by Gasteiger charge is -2.34. The standard InChI is InChI=1S/C19H30N4O2S/c1-3-14(2)21-16(24)12-22-8-10-23(11-9-22)19(25)18-17(20-13-26-18)15-6-4-5-7-15/h13-15H,3-12H2,1-2H3,(H,21,24). The molecule has 2 fully saturated rings. The summed E-state index contributed by atoms with van der Waals surface area (Å²) in [6.07, 6.45) is 5.73. The first kappa shape index (κ1) is 19.3. The van der Waals surface area contributed by atoms with Crippen LogP contribution in [0.1, 0.15) is 67.2 Å². The third-order valence-electron chi connectivity index (χ3n) is 5.58. The van der Waals surface area contributed by atoms with E-state index in [0.717, 1.165) is 42.9 Å². The van der Waals surface area contributed by atoms with Crippen LogP contribution in [0.5, 0.6) is 0 Å². The quantitative estimate of drug-likeness (QED) is 0.826. The number of carbonyl (C=O) groups excluding carboxylic acids is 2. The van der Waals surface area contributed by atoms with Crippen molar-refractivity contribution in [1.82, 2.24) is 20.1 Å². The molecular formula is C19H30N4O2S. The van der Waals surface area contributed by atoms with Gasteiger partial charge in [0.2, 0.25) is 5.91 Å². The first-order chi connectivity index (χ1) is 12.6. The molecule has 1 aliphatic heterocycles. The van der Waals surface area contributed by atoms with Crippen molar-refractivity contribution < 1.29 is 9.59 Å². The molecule has 2 aliphatic rings. The minimum absolute atomic E-state index is 0.0742. The van der Waals surface area contributed by atoms with Crippen molar-refractivity contribution in [1.29, 1.82) is 0 Å². The minimum Gasteiger partial charge on any atom is -0.353 e. The number of carbonyl (C=O) groups is 2. The van der Waals surface area contributed by atoms with E-state index in [2.05, 4.69) is 22.1 Å². The van der Waals surface area contributed by atoms with Crippen molar-refractivity contribution >= 4 is 23.2 Å². The number of nitrogens with one attached hydrogen (secondary N) is 1. The highest BCUT2D eigenvalue weighted by molar-refractivity contribution is 7.11. The Kier molecular flexibility index (Phi) is 6.64. The van der Waals surface area contributed by atoms with Crippen molar-refractivity contribution in [3.05, 3.63) is 16.1 Å². The van der Waals surface area contributed by atoms with Gasteiger partial charge in [-0.25, -0.2) is 4.98 Å². The first-order valence-corrected chi connectivity index (χ1v) is 10.7. The molecule has 26 heavy (non-hydrogen) atoms. The number of piperazine rings is 1. The monoisotopic (exact) mass is 378 g/mol. The SMILES string of the molecule is CCC(C)NC(=O)CN1CCN(C(=O)c2scnc2C2CCCC2)CC1. The van der Waals surface area contributed by atoms with Crippen molar-refractivity contribution in [2.24, 2.45) is 0 Å². The number of thiazole rings is 1. The van der Waals surface area contributed by atoms with Gasteiger partial charge in [0.05, 0.1) is 17.7 Å². The van der Waals surface area contributed by atoms with Gasteiger partial charge in [-0.15, -0.1) is 11.3 Å². The Balaban J connectivity index is 1.51. The molecule has 0 bridgehead atoms. The minimum atomic E-state index is 0.0742. The molecule has 0 aromatic carbocycles. The number of aromatic nitrogens is 1. The fraction of sp³-hybridized carbons (Fsp3) is 0.737. The van der Waals surface area contributed by atoms with E-state index in [1.54, 1.807) is 0 Å². The molecule has 2 heterocycles. The van der Waals surface area contributed by atoms with Crippen LogP contribution in [0.2, 0.25) is 0 Å². The van der Waals surface area contributed by atoms with Crippen LogP contribution in [0.3, 0.4) is 0 Å². The third-order valence-corrected chi connectivity index (χ3v) is 6.41. The molecule has 1 unspecified atom stereocenters. The molecule has 1 aromatic heterocycles. The normalized spacial score (nSPS) is 20.3. The zero-order valence-corrected chi connectivity index (χ0v) is 16.7. The van der Waals surface area contributed by atoms with Gasteiger partial charge in [0, 0.05) is 38.1 Å². The predicted octanol–water partition coefficient (Wildman–Crippen LogP) is 2.47. The van der Waals surface area contributed by atoms with E-state index in [-0.39, 0.29) is 17.9 Å². The van der Waals surface area contributed by atoms with E-state index in [1.807, 2.05) is 17.3 Å². The summed E-state index contributed by atoms with van der Waals surface area (Å²) < 4.78 is 0. The van der Waals surface area contributed by atoms with Gasteiger partial charge in [-0.05, 0) is 26.2 Å². The summed E-state index contributed by atoms with van der Waals surface area (Å²) in [4.78, 5) is 34.4. The second kappa shape index (κ2) is 8.95. The van der Waals surface area contributed by atoms with Crippen LogP contribution < -0.4 is 5.32 Å². The molecule has 1 atom stereocenters. The molecule has 0 spiro atoms. The average Bonchev–Trinajstić information content (AvgIpc) is 3.32. The Bertz CT molecular complexity index is 619. The molecule has 0 radical (unpaired) electrons. The number of hydrogen-bond donors (Lipinski definition) is 1. The van der Waals surface area contributed by atoms with Gasteiger partial charge in [-0.3, -0.25) is 14.5 Å². The molecular weight excluding hydrogens is 348 g/mol. The molecule has 6 nitrogen and oxygen atoms in total. The van der Waals surface area contributed by atoms with E-state index in [4.69, 9.17) is 0 Å². The summed E-state index contributed by atoms with van der Waals surface area (Å²) in [5.41, 5.74) is 2.84. The number of hydrogen-bond acceptors (Lipinski definition) is 5. The third kappa shape index (κ3) is 4.62. The van der Waals surface area contributed by atoms with Crippen LogP contribution >= 0.6 is 11.3 Å². The highest BCUT2D eigenvalue weighted by Crippen LogP contribution is 2.36. The van der Waals surface area contributed by atoms with Gasteiger partial charge < -0.3 is 10.2 Å². The largest absolute Gasteiger partial charge is 0.353 e. The van der Waals surface area contributed by atoms with Gasteiger partial charge >= 0.3 is 0 Å². The summed E-state index contributed by atoms with van der Waals surface area (Å²) in [5, 5.41) is 3.00. The Morgan fingerprint density at radius 2 is 1.96 bits per heavy atom. The lowest BCUT2D eigenvalue weighted by atomic mass is 10.0. The van der Waals surface area contributed by atoms with E-state index in [1.165, 1.54) is 24.2 Å². The summed E-state index contributed by atoms with van der Waals surface area (Å²) in [6.45, 7) is 7.35. The van der Waals surface area contributed by atoms with Crippen LogP contribution in [0.15, 0.2) is 5.51 Å².